The molecule has 3 heterocycles. The molecular formula is C26H31FN4. The Hall–Kier alpha value is -2.95. The van der Waals surface area contributed by atoms with Gasteiger partial charge in [-0.25, -0.2) is 9.37 Å². The molecule has 162 valence electrons. The van der Waals surface area contributed by atoms with E-state index in [-0.39, 0.29) is 0 Å². The van der Waals surface area contributed by atoms with Crippen LogP contribution in [-0.2, 0) is 7.05 Å². The SMILES string of the molecule is C=C(c1ccc2c(c1)nc(/C(C)=C/c1cccnc1C)n2C)N1CC(C)CC(C)(F)C1. The van der Waals surface area contributed by atoms with Crippen LogP contribution >= 0.6 is 0 Å². The third-order valence-electron chi connectivity index (χ3n) is 6.19. The Morgan fingerprint density at radius 1 is 1.32 bits per heavy atom. The standard InChI is InChI=1S/C26H31FN4/c1-17-14-26(5,27)16-31(15-17)20(4)22-9-10-24-23(13-22)29-25(30(24)6)18(2)12-21-8-7-11-28-19(21)3/h7-13,17H,4,14-16H2,1-3,5-6H3/b18-12+. The molecule has 5 heteroatoms. The molecule has 4 rings (SSSR count). The summed E-state index contributed by atoms with van der Waals surface area (Å²) in [4.78, 5) is 11.4. The molecule has 1 aliphatic heterocycles. The Morgan fingerprint density at radius 2 is 2.10 bits per heavy atom. The van der Waals surface area contributed by atoms with Crippen LogP contribution in [0.2, 0.25) is 0 Å². The highest BCUT2D eigenvalue weighted by Gasteiger charge is 2.35. The average Bonchev–Trinajstić information content (AvgIpc) is 3.03. The van der Waals surface area contributed by atoms with E-state index in [1.165, 1.54) is 0 Å². The molecule has 2 unspecified atom stereocenters. The Labute approximate surface area is 184 Å². The number of aromatic nitrogens is 3. The van der Waals surface area contributed by atoms with Crippen LogP contribution in [-0.4, -0.2) is 38.2 Å². The van der Waals surface area contributed by atoms with Crippen LogP contribution in [0.5, 0.6) is 0 Å². The first-order chi connectivity index (χ1) is 14.6. The molecule has 2 atom stereocenters. The minimum Gasteiger partial charge on any atom is -0.368 e. The molecule has 1 saturated heterocycles. The molecular weight excluding hydrogens is 387 g/mol. The summed E-state index contributed by atoms with van der Waals surface area (Å²) in [5, 5.41) is 0. The van der Waals surface area contributed by atoms with Crippen molar-refractivity contribution < 1.29 is 4.39 Å². The van der Waals surface area contributed by atoms with E-state index in [4.69, 9.17) is 4.98 Å². The number of pyridine rings is 1. The zero-order valence-corrected chi connectivity index (χ0v) is 19.1. The molecule has 4 nitrogen and oxygen atoms in total. The number of hydrogen-bond acceptors (Lipinski definition) is 3. The molecule has 1 aromatic carbocycles. The highest BCUT2D eigenvalue weighted by Crippen LogP contribution is 2.33. The van der Waals surface area contributed by atoms with Crippen LogP contribution < -0.4 is 0 Å². The topological polar surface area (TPSA) is 34.0 Å². The van der Waals surface area contributed by atoms with Crippen molar-refractivity contribution in [3.63, 3.8) is 0 Å². The van der Waals surface area contributed by atoms with Crippen molar-refractivity contribution >= 4 is 28.4 Å². The first kappa shape index (κ1) is 21.3. The minimum absolute atomic E-state index is 0.300. The Bertz CT molecular complexity index is 1170. The lowest BCUT2D eigenvalue weighted by molar-refractivity contribution is 0.0623. The quantitative estimate of drug-likeness (QED) is 0.531. The summed E-state index contributed by atoms with van der Waals surface area (Å²) in [7, 11) is 2.04. The Kier molecular flexibility index (Phi) is 5.46. The van der Waals surface area contributed by atoms with Gasteiger partial charge in [-0.2, -0.15) is 0 Å². The normalized spacial score (nSPS) is 22.2. The second-order valence-corrected chi connectivity index (χ2v) is 9.25. The van der Waals surface area contributed by atoms with E-state index in [9.17, 15) is 4.39 Å². The number of hydrogen-bond donors (Lipinski definition) is 0. The molecule has 0 saturated carbocycles. The third kappa shape index (κ3) is 4.27. The predicted octanol–water partition coefficient (Wildman–Crippen LogP) is 5.88. The zero-order valence-electron chi connectivity index (χ0n) is 19.1. The summed E-state index contributed by atoms with van der Waals surface area (Å²) < 4.78 is 16.9. The highest BCUT2D eigenvalue weighted by molar-refractivity contribution is 5.86. The predicted molar refractivity (Wildman–Crippen MR) is 127 cm³/mol. The first-order valence-corrected chi connectivity index (χ1v) is 10.8. The second kappa shape index (κ2) is 7.95. The van der Waals surface area contributed by atoms with Crippen LogP contribution in [0.15, 0.2) is 43.1 Å². The molecule has 0 bridgehead atoms. The monoisotopic (exact) mass is 418 g/mol. The fraction of sp³-hybridized carbons (Fsp3) is 0.385. The Balaban J connectivity index is 1.66. The second-order valence-electron chi connectivity index (χ2n) is 9.25. The van der Waals surface area contributed by atoms with E-state index in [2.05, 4.69) is 65.2 Å². The smallest absolute Gasteiger partial charge is 0.136 e. The molecule has 0 radical (unpaired) electrons. The van der Waals surface area contributed by atoms with Gasteiger partial charge in [0.2, 0.25) is 0 Å². The van der Waals surface area contributed by atoms with E-state index in [0.717, 1.165) is 51.5 Å². The number of benzene rings is 1. The number of fused-ring (bicyclic) bond motifs is 1. The number of halogens is 1. The Morgan fingerprint density at radius 3 is 2.81 bits per heavy atom. The van der Waals surface area contributed by atoms with Crippen LogP contribution in [0.3, 0.4) is 0 Å². The van der Waals surface area contributed by atoms with Crippen molar-refractivity contribution in [1.29, 1.82) is 0 Å². The fourth-order valence-electron chi connectivity index (χ4n) is 4.76. The maximum absolute atomic E-state index is 14.7. The summed E-state index contributed by atoms with van der Waals surface area (Å²) in [6.45, 7) is 13.4. The van der Waals surface area contributed by atoms with Crippen LogP contribution in [0.1, 0.15) is 49.8 Å². The van der Waals surface area contributed by atoms with E-state index in [1.54, 1.807) is 13.1 Å². The van der Waals surface area contributed by atoms with Crippen LogP contribution in [0.4, 0.5) is 4.39 Å². The molecule has 0 aliphatic carbocycles. The van der Waals surface area contributed by atoms with Crippen molar-refractivity contribution in [2.75, 3.05) is 13.1 Å². The van der Waals surface area contributed by atoms with E-state index in [1.807, 2.05) is 20.0 Å². The van der Waals surface area contributed by atoms with Crippen molar-refractivity contribution in [2.24, 2.45) is 13.0 Å². The molecule has 0 spiro atoms. The van der Waals surface area contributed by atoms with Crippen molar-refractivity contribution in [3.8, 4) is 0 Å². The molecule has 1 fully saturated rings. The van der Waals surface area contributed by atoms with E-state index in [0.29, 0.717) is 18.9 Å². The van der Waals surface area contributed by atoms with Gasteiger partial charge in [0.05, 0.1) is 17.6 Å². The van der Waals surface area contributed by atoms with Gasteiger partial charge in [-0.05, 0) is 74.1 Å². The summed E-state index contributed by atoms with van der Waals surface area (Å²) in [5.41, 5.74) is 5.81. The maximum Gasteiger partial charge on any atom is 0.136 e. The highest BCUT2D eigenvalue weighted by atomic mass is 19.1. The summed E-state index contributed by atoms with van der Waals surface area (Å²) >= 11 is 0. The van der Waals surface area contributed by atoms with Gasteiger partial charge in [0, 0.05) is 31.2 Å². The first-order valence-electron chi connectivity index (χ1n) is 10.8. The average molecular weight is 419 g/mol. The minimum atomic E-state index is -1.19. The molecule has 0 N–H and O–H groups in total. The molecule has 3 aromatic rings. The lowest BCUT2D eigenvalue weighted by Gasteiger charge is -2.41. The maximum atomic E-state index is 14.7. The van der Waals surface area contributed by atoms with Crippen molar-refractivity contribution in [3.05, 3.63) is 65.8 Å². The van der Waals surface area contributed by atoms with Gasteiger partial charge in [-0.3, -0.25) is 4.98 Å². The van der Waals surface area contributed by atoms with Crippen LogP contribution in [0.25, 0.3) is 28.4 Å². The third-order valence-corrected chi connectivity index (χ3v) is 6.19. The van der Waals surface area contributed by atoms with Gasteiger partial charge in [0.15, 0.2) is 0 Å². The lowest BCUT2D eigenvalue weighted by atomic mass is 9.88. The summed E-state index contributed by atoms with van der Waals surface area (Å²) in [6, 6.07) is 10.2. The summed E-state index contributed by atoms with van der Waals surface area (Å²) in [6.07, 6.45) is 4.53. The number of nitrogens with zero attached hydrogens (tertiary/aromatic N) is 4. The number of alkyl halides is 1. The lowest BCUT2D eigenvalue weighted by Crippen LogP contribution is -2.45. The number of aryl methyl sites for hydroxylation is 2. The van der Waals surface area contributed by atoms with Crippen LogP contribution in [0, 0.1) is 12.8 Å². The van der Waals surface area contributed by atoms with Gasteiger partial charge < -0.3 is 9.47 Å². The van der Waals surface area contributed by atoms with Crippen molar-refractivity contribution in [1.82, 2.24) is 19.4 Å². The van der Waals surface area contributed by atoms with Gasteiger partial charge >= 0.3 is 0 Å². The van der Waals surface area contributed by atoms with E-state index < -0.39 is 5.67 Å². The molecule has 2 aromatic heterocycles. The number of rotatable bonds is 4. The number of allylic oxidation sites excluding steroid dienone is 1. The number of piperidine rings is 1. The number of likely N-dealkylation sites (tertiary alicyclic amines) is 1. The molecule has 0 amide bonds. The van der Waals surface area contributed by atoms with Gasteiger partial charge in [0.25, 0.3) is 0 Å². The zero-order chi connectivity index (χ0) is 22.3. The van der Waals surface area contributed by atoms with E-state index >= 15 is 0 Å². The molecule has 31 heavy (non-hydrogen) atoms. The summed E-state index contributed by atoms with van der Waals surface area (Å²) in [5.74, 6) is 1.22. The molecule has 1 aliphatic rings. The number of imidazole rings is 1. The van der Waals surface area contributed by atoms with Gasteiger partial charge in [-0.15, -0.1) is 0 Å². The van der Waals surface area contributed by atoms with Crippen molar-refractivity contribution in [2.45, 2.75) is 39.8 Å². The van der Waals surface area contributed by atoms with Gasteiger partial charge in [-0.1, -0.05) is 25.6 Å². The fourth-order valence-corrected chi connectivity index (χ4v) is 4.76. The van der Waals surface area contributed by atoms with Gasteiger partial charge in [0.1, 0.15) is 11.5 Å². The largest absolute Gasteiger partial charge is 0.368 e.